The number of pyridine rings is 1. The Morgan fingerprint density at radius 1 is 1.50 bits per heavy atom. The average Bonchev–Trinajstić information content (AvgIpc) is 2.37. The Balaban J connectivity index is 1.58. The minimum absolute atomic E-state index is 0.206. The first-order chi connectivity index (χ1) is 7.95. The highest BCUT2D eigenvalue weighted by Crippen LogP contribution is 1.99. The van der Waals surface area contributed by atoms with Gasteiger partial charge in [-0.05, 0) is 12.1 Å². The average molecular weight is 222 g/mol. The van der Waals surface area contributed by atoms with Gasteiger partial charge in [-0.1, -0.05) is 6.07 Å². The van der Waals surface area contributed by atoms with Crippen LogP contribution in [0.2, 0.25) is 0 Å². The van der Waals surface area contributed by atoms with E-state index in [0.29, 0.717) is 13.2 Å². The first kappa shape index (κ1) is 11.5. The molecular formula is C12H18N2O2. The van der Waals surface area contributed by atoms with Crippen molar-refractivity contribution in [1.29, 1.82) is 0 Å². The van der Waals surface area contributed by atoms with E-state index in [1.165, 1.54) is 0 Å². The largest absolute Gasteiger partial charge is 0.378 e. The molecule has 16 heavy (non-hydrogen) atoms. The Labute approximate surface area is 96.0 Å². The van der Waals surface area contributed by atoms with Gasteiger partial charge in [0.05, 0.1) is 25.9 Å². The fraction of sp³-hybridized carbons (Fsp3) is 0.583. The molecule has 0 amide bonds. The lowest BCUT2D eigenvalue weighted by Crippen LogP contribution is -2.41. The number of morpholine rings is 1. The van der Waals surface area contributed by atoms with Gasteiger partial charge in [0, 0.05) is 31.4 Å². The number of hydrogen-bond acceptors (Lipinski definition) is 4. The lowest BCUT2D eigenvalue weighted by molar-refractivity contribution is -0.0308. The van der Waals surface area contributed by atoms with Gasteiger partial charge in [0.15, 0.2) is 0 Å². The lowest BCUT2D eigenvalue weighted by Gasteiger charge is -2.23. The summed E-state index contributed by atoms with van der Waals surface area (Å²) in [5, 5.41) is 3.28. The number of rotatable bonds is 5. The predicted molar refractivity (Wildman–Crippen MR) is 61.4 cm³/mol. The van der Waals surface area contributed by atoms with Crippen molar-refractivity contribution < 1.29 is 9.47 Å². The van der Waals surface area contributed by atoms with Gasteiger partial charge in [-0.2, -0.15) is 0 Å². The third-order valence-corrected chi connectivity index (χ3v) is 2.54. The fourth-order valence-electron chi connectivity index (χ4n) is 1.66. The maximum atomic E-state index is 5.57. The monoisotopic (exact) mass is 222 g/mol. The molecule has 1 aromatic rings. The molecular weight excluding hydrogens is 204 g/mol. The number of aromatic nitrogens is 1. The number of nitrogens with one attached hydrogen (secondary N) is 1. The van der Waals surface area contributed by atoms with E-state index >= 15 is 0 Å². The van der Waals surface area contributed by atoms with E-state index in [2.05, 4.69) is 10.3 Å². The van der Waals surface area contributed by atoms with Gasteiger partial charge >= 0.3 is 0 Å². The second-order valence-corrected chi connectivity index (χ2v) is 3.84. The maximum absolute atomic E-state index is 5.57. The highest BCUT2D eigenvalue weighted by molar-refractivity contribution is 5.03. The van der Waals surface area contributed by atoms with E-state index in [4.69, 9.17) is 9.47 Å². The van der Waals surface area contributed by atoms with Crippen molar-refractivity contribution in [3.8, 4) is 0 Å². The Hall–Kier alpha value is -0.970. The molecule has 2 rings (SSSR count). The molecule has 1 N–H and O–H groups in total. The van der Waals surface area contributed by atoms with Crippen LogP contribution in [0.25, 0.3) is 0 Å². The molecule has 1 aromatic heterocycles. The Kier molecular flexibility index (Phi) is 4.73. The molecule has 1 aliphatic heterocycles. The highest BCUT2D eigenvalue weighted by atomic mass is 16.5. The first-order valence-electron chi connectivity index (χ1n) is 5.75. The summed E-state index contributed by atoms with van der Waals surface area (Å²) in [6.07, 6.45) is 2.88. The molecule has 2 heterocycles. The van der Waals surface area contributed by atoms with Crippen molar-refractivity contribution in [1.82, 2.24) is 10.3 Å². The zero-order valence-corrected chi connectivity index (χ0v) is 9.39. The number of nitrogens with zero attached hydrogens (tertiary/aromatic N) is 1. The zero-order chi connectivity index (χ0) is 11.1. The Morgan fingerprint density at radius 3 is 3.25 bits per heavy atom. The van der Waals surface area contributed by atoms with E-state index < -0.39 is 0 Å². The zero-order valence-electron chi connectivity index (χ0n) is 9.39. The van der Waals surface area contributed by atoms with Gasteiger partial charge in [-0.25, -0.2) is 0 Å². The van der Waals surface area contributed by atoms with Crippen molar-refractivity contribution in [3.63, 3.8) is 0 Å². The standard InChI is InChI=1S/C12H18N2O2/c1-2-5-14-11(3-1)4-7-15-10-12-9-13-6-8-16-12/h1-3,5,12-13H,4,6-10H2. The van der Waals surface area contributed by atoms with E-state index in [0.717, 1.165) is 31.8 Å². The van der Waals surface area contributed by atoms with Gasteiger partial charge in [0.2, 0.25) is 0 Å². The van der Waals surface area contributed by atoms with Crippen molar-refractivity contribution >= 4 is 0 Å². The second-order valence-electron chi connectivity index (χ2n) is 3.84. The van der Waals surface area contributed by atoms with E-state index in [9.17, 15) is 0 Å². The topological polar surface area (TPSA) is 43.4 Å². The quantitative estimate of drug-likeness (QED) is 0.742. The van der Waals surface area contributed by atoms with Crippen LogP contribution in [0, 0.1) is 0 Å². The number of ether oxygens (including phenoxy) is 2. The summed E-state index contributed by atoms with van der Waals surface area (Å²) < 4.78 is 11.1. The molecule has 88 valence electrons. The maximum Gasteiger partial charge on any atom is 0.0933 e. The molecule has 1 saturated heterocycles. The van der Waals surface area contributed by atoms with Crippen molar-refractivity contribution in [3.05, 3.63) is 30.1 Å². The molecule has 4 heteroatoms. The smallest absolute Gasteiger partial charge is 0.0933 e. The highest BCUT2D eigenvalue weighted by Gasteiger charge is 2.12. The third-order valence-electron chi connectivity index (χ3n) is 2.54. The lowest BCUT2D eigenvalue weighted by atomic mass is 10.3. The van der Waals surface area contributed by atoms with Gasteiger partial charge in [-0.3, -0.25) is 4.98 Å². The molecule has 0 radical (unpaired) electrons. The minimum Gasteiger partial charge on any atom is -0.378 e. The molecule has 4 nitrogen and oxygen atoms in total. The van der Waals surface area contributed by atoms with Crippen LogP contribution in [-0.4, -0.2) is 44.0 Å². The summed E-state index contributed by atoms with van der Waals surface area (Å²) in [6.45, 7) is 4.00. The second kappa shape index (κ2) is 6.58. The normalized spacial score (nSPS) is 20.9. The third kappa shape index (κ3) is 3.89. The molecule has 0 aliphatic carbocycles. The van der Waals surface area contributed by atoms with Crippen LogP contribution in [0.4, 0.5) is 0 Å². The van der Waals surface area contributed by atoms with Crippen molar-refractivity contribution in [2.45, 2.75) is 12.5 Å². The number of hydrogen-bond donors (Lipinski definition) is 1. The van der Waals surface area contributed by atoms with Crippen LogP contribution in [0.3, 0.4) is 0 Å². The predicted octanol–water partition coefficient (Wildman–Crippen LogP) is 0.629. The summed E-state index contributed by atoms with van der Waals surface area (Å²) in [5.41, 5.74) is 1.07. The minimum atomic E-state index is 0.206. The Morgan fingerprint density at radius 2 is 2.50 bits per heavy atom. The summed E-state index contributed by atoms with van der Waals surface area (Å²) >= 11 is 0. The van der Waals surface area contributed by atoms with Crippen LogP contribution in [0.1, 0.15) is 5.69 Å². The van der Waals surface area contributed by atoms with Crippen LogP contribution in [-0.2, 0) is 15.9 Å². The Bertz CT molecular complexity index is 286. The first-order valence-corrected chi connectivity index (χ1v) is 5.75. The van der Waals surface area contributed by atoms with Crippen LogP contribution < -0.4 is 5.32 Å². The van der Waals surface area contributed by atoms with Crippen LogP contribution >= 0.6 is 0 Å². The molecule has 1 unspecified atom stereocenters. The van der Waals surface area contributed by atoms with Crippen molar-refractivity contribution in [2.24, 2.45) is 0 Å². The van der Waals surface area contributed by atoms with E-state index in [1.54, 1.807) is 0 Å². The summed E-state index contributed by atoms with van der Waals surface area (Å²) in [4.78, 5) is 4.24. The molecule has 0 aromatic carbocycles. The molecule has 0 saturated carbocycles. The molecule has 1 atom stereocenters. The summed E-state index contributed by atoms with van der Waals surface area (Å²) in [5.74, 6) is 0. The van der Waals surface area contributed by atoms with Crippen LogP contribution in [0.5, 0.6) is 0 Å². The van der Waals surface area contributed by atoms with Gasteiger partial charge in [0.25, 0.3) is 0 Å². The van der Waals surface area contributed by atoms with Gasteiger partial charge in [-0.15, -0.1) is 0 Å². The summed E-state index contributed by atoms with van der Waals surface area (Å²) in [6, 6.07) is 5.93. The van der Waals surface area contributed by atoms with E-state index in [1.807, 2.05) is 24.4 Å². The van der Waals surface area contributed by atoms with Gasteiger partial charge < -0.3 is 14.8 Å². The van der Waals surface area contributed by atoms with E-state index in [-0.39, 0.29) is 6.10 Å². The fourth-order valence-corrected chi connectivity index (χ4v) is 1.66. The molecule has 0 bridgehead atoms. The molecule has 1 fully saturated rings. The van der Waals surface area contributed by atoms with Gasteiger partial charge in [0.1, 0.15) is 0 Å². The summed E-state index contributed by atoms with van der Waals surface area (Å²) in [7, 11) is 0. The molecule has 0 spiro atoms. The molecule has 1 aliphatic rings. The SMILES string of the molecule is c1ccc(CCOCC2CNCCO2)nc1. The van der Waals surface area contributed by atoms with Crippen LogP contribution in [0.15, 0.2) is 24.4 Å². The van der Waals surface area contributed by atoms with Crippen molar-refractivity contribution in [2.75, 3.05) is 32.9 Å².